The highest BCUT2D eigenvalue weighted by atomic mass is 14.8. The maximum absolute atomic E-state index is 5.63. The molecule has 3 fully saturated rings. The Morgan fingerprint density at radius 1 is 1.18 bits per heavy atom. The van der Waals surface area contributed by atoms with Gasteiger partial charge in [-0.15, -0.1) is 0 Å². The van der Waals surface area contributed by atoms with Crippen LogP contribution in [0.1, 0.15) is 38.5 Å². The SMILES string of the molecule is NCC1CC2(C1)CC21CCC1. The van der Waals surface area contributed by atoms with Gasteiger partial charge in [0.15, 0.2) is 0 Å². The molecule has 3 saturated carbocycles. The summed E-state index contributed by atoms with van der Waals surface area (Å²) in [6, 6.07) is 0. The molecule has 0 aliphatic heterocycles. The minimum atomic E-state index is 0.856. The fraction of sp³-hybridized carbons (Fsp3) is 1.00. The van der Waals surface area contributed by atoms with E-state index in [0.717, 1.165) is 23.3 Å². The largest absolute Gasteiger partial charge is 0.330 e. The molecule has 0 bridgehead atoms. The molecule has 0 aromatic carbocycles. The van der Waals surface area contributed by atoms with Gasteiger partial charge in [-0.1, -0.05) is 6.42 Å². The van der Waals surface area contributed by atoms with E-state index in [9.17, 15) is 0 Å². The average molecular weight is 151 g/mol. The van der Waals surface area contributed by atoms with E-state index < -0.39 is 0 Å². The Hall–Kier alpha value is -0.0400. The third-order valence-electron chi connectivity index (χ3n) is 4.68. The standard InChI is InChI=1S/C10H17N/c11-6-8-4-10(5-8)7-9(10)2-1-3-9/h8H,1-7,11H2. The maximum Gasteiger partial charge on any atom is -0.00484 e. The number of nitrogens with two attached hydrogens (primary N) is 1. The number of hydrogen-bond acceptors (Lipinski definition) is 1. The summed E-state index contributed by atoms with van der Waals surface area (Å²) in [4.78, 5) is 0. The van der Waals surface area contributed by atoms with Crippen molar-refractivity contribution in [3.8, 4) is 0 Å². The molecule has 1 heteroatoms. The molecule has 0 unspecified atom stereocenters. The van der Waals surface area contributed by atoms with Crippen molar-refractivity contribution < 1.29 is 0 Å². The monoisotopic (exact) mass is 151 g/mol. The minimum Gasteiger partial charge on any atom is -0.330 e. The third-order valence-corrected chi connectivity index (χ3v) is 4.68. The normalized spacial score (nSPS) is 50.5. The van der Waals surface area contributed by atoms with E-state index in [1.54, 1.807) is 19.3 Å². The van der Waals surface area contributed by atoms with Crippen LogP contribution in [-0.4, -0.2) is 6.54 Å². The van der Waals surface area contributed by atoms with Crippen molar-refractivity contribution in [3.63, 3.8) is 0 Å². The molecule has 0 saturated heterocycles. The van der Waals surface area contributed by atoms with Gasteiger partial charge in [0.05, 0.1) is 0 Å². The zero-order valence-electron chi connectivity index (χ0n) is 7.10. The van der Waals surface area contributed by atoms with Gasteiger partial charge in [0.1, 0.15) is 0 Å². The maximum atomic E-state index is 5.63. The predicted molar refractivity (Wildman–Crippen MR) is 45.1 cm³/mol. The Bertz CT molecular complexity index is 187. The van der Waals surface area contributed by atoms with Crippen LogP contribution in [0.15, 0.2) is 0 Å². The van der Waals surface area contributed by atoms with Gasteiger partial charge in [-0.3, -0.25) is 0 Å². The fourth-order valence-electron chi connectivity index (χ4n) is 3.70. The molecule has 0 aromatic heterocycles. The van der Waals surface area contributed by atoms with Gasteiger partial charge in [-0.25, -0.2) is 0 Å². The second kappa shape index (κ2) is 1.66. The van der Waals surface area contributed by atoms with E-state index in [1.165, 1.54) is 19.3 Å². The molecule has 0 radical (unpaired) electrons. The quantitative estimate of drug-likeness (QED) is 0.608. The summed E-state index contributed by atoms with van der Waals surface area (Å²) >= 11 is 0. The molecule has 11 heavy (non-hydrogen) atoms. The van der Waals surface area contributed by atoms with Crippen LogP contribution in [0, 0.1) is 16.7 Å². The molecule has 2 spiro atoms. The highest BCUT2D eigenvalue weighted by Gasteiger charge is 2.72. The Morgan fingerprint density at radius 3 is 2.27 bits per heavy atom. The van der Waals surface area contributed by atoms with Crippen LogP contribution in [0.5, 0.6) is 0 Å². The zero-order chi connectivity index (χ0) is 7.53. The van der Waals surface area contributed by atoms with Gasteiger partial charge < -0.3 is 5.73 Å². The lowest BCUT2D eigenvalue weighted by molar-refractivity contribution is 0.0769. The summed E-state index contributed by atoms with van der Waals surface area (Å²) in [6.45, 7) is 0.942. The van der Waals surface area contributed by atoms with Gasteiger partial charge in [0.25, 0.3) is 0 Å². The molecule has 0 heterocycles. The van der Waals surface area contributed by atoms with Crippen molar-refractivity contribution in [3.05, 3.63) is 0 Å². The van der Waals surface area contributed by atoms with Gasteiger partial charge in [0.2, 0.25) is 0 Å². The molecule has 1 nitrogen and oxygen atoms in total. The second-order valence-electron chi connectivity index (χ2n) is 5.10. The zero-order valence-corrected chi connectivity index (χ0v) is 7.10. The van der Waals surface area contributed by atoms with E-state index in [-0.39, 0.29) is 0 Å². The molecule has 0 atom stereocenters. The first kappa shape index (κ1) is 6.47. The first-order valence-electron chi connectivity index (χ1n) is 5.00. The molecule has 3 aliphatic rings. The van der Waals surface area contributed by atoms with Crippen molar-refractivity contribution >= 4 is 0 Å². The van der Waals surface area contributed by atoms with E-state index in [2.05, 4.69) is 0 Å². The summed E-state index contributed by atoms with van der Waals surface area (Å²) < 4.78 is 0. The van der Waals surface area contributed by atoms with Crippen molar-refractivity contribution in [2.24, 2.45) is 22.5 Å². The van der Waals surface area contributed by atoms with Crippen LogP contribution >= 0.6 is 0 Å². The van der Waals surface area contributed by atoms with E-state index in [0.29, 0.717) is 0 Å². The highest BCUT2D eigenvalue weighted by molar-refractivity contribution is 5.22. The average Bonchev–Trinajstić information content (AvgIpc) is 2.51. The van der Waals surface area contributed by atoms with Crippen molar-refractivity contribution in [2.75, 3.05) is 6.54 Å². The Morgan fingerprint density at radius 2 is 1.91 bits per heavy atom. The van der Waals surface area contributed by atoms with Gasteiger partial charge in [-0.05, 0) is 55.4 Å². The molecule has 0 amide bonds. The molecule has 62 valence electrons. The van der Waals surface area contributed by atoms with E-state index in [4.69, 9.17) is 5.73 Å². The van der Waals surface area contributed by atoms with E-state index in [1.807, 2.05) is 0 Å². The first-order valence-corrected chi connectivity index (χ1v) is 5.00. The lowest BCUT2D eigenvalue weighted by Gasteiger charge is -2.43. The van der Waals surface area contributed by atoms with Crippen LogP contribution in [0.2, 0.25) is 0 Å². The summed E-state index contributed by atoms with van der Waals surface area (Å²) in [5.74, 6) is 0.898. The first-order chi connectivity index (χ1) is 5.30. The molecule has 2 N–H and O–H groups in total. The Kier molecular flexibility index (Phi) is 0.976. The minimum absolute atomic E-state index is 0.856. The molecular weight excluding hydrogens is 134 g/mol. The molecular formula is C10H17N. The summed E-state index contributed by atoms with van der Waals surface area (Å²) in [5.41, 5.74) is 7.37. The topological polar surface area (TPSA) is 26.0 Å². The molecule has 3 rings (SSSR count). The lowest BCUT2D eigenvalue weighted by Crippen LogP contribution is -2.37. The molecule has 0 aromatic rings. The highest BCUT2D eigenvalue weighted by Crippen LogP contribution is 2.82. The van der Waals surface area contributed by atoms with Gasteiger partial charge in [0, 0.05) is 0 Å². The second-order valence-corrected chi connectivity index (χ2v) is 5.10. The van der Waals surface area contributed by atoms with Crippen LogP contribution in [0.25, 0.3) is 0 Å². The van der Waals surface area contributed by atoms with Crippen LogP contribution in [-0.2, 0) is 0 Å². The Balaban J connectivity index is 1.66. The van der Waals surface area contributed by atoms with Crippen LogP contribution < -0.4 is 5.73 Å². The smallest absolute Gasteiger partial charge is 0.00484 e. The Labute approximate surface area is 68.3 Å². The van der Waals surface area contributed by atoms with Crippen molar-refractivity contribution in [1.82, 2.24) is 0 Å². The summed E-state index contributed by atoms with van der Waals surface area (Å²) in [6.07, 6.45) is 9.12. The van der Waals surface area contributed by atoms with Crippen molar-refractivity contribution in [2.45, 2.75) is 38.5 Å². The fourth-order valence-corrected chi connectivity index (χ4v) is 3.70. The third kappa shape index (κ3) is 0.581. The number of hydrogen-bond donors (Lipinski definition) is 1. The summed E-state index contributed by atoms with van der Waals surface area (Å²) in [5, 5.41) is 0. The van der Waals surface area contributed by atoms with Gasteiger partial charge in [-0.2, -0.15) is 0 Å². The van der Waals surface area contributed by atoms with Gasteiger partial charge >= 0.3 is 0 Å². The van der Waals surface area contributed by atoms with Crippen LogP contribution in [0.3, 0.4) is 0 Å². The summed E-state index contributed by atoms with van der Waals surface area (Å²) in [7, 11) is 0. The van der Waals surface area contributed by atoms with Crippen LogP contribution in [0.4, 0.5) is 0 Å². The van der Waals surface area contributed by atoms with E-state index >= 15 is 0 Å². The number of rotatable bonds is 1. The molecule has 3 aliphatic carbocycles. The van der Waals surface area contributed by atoms with Crippen molar-refractivity contribution in [1.29, 1.82) is 0 Å². The number of fused-ring (bicyclic) bond motifs is 1. The lowest BCUT2D eigenvalue weighted by atomic mass is 9.62. The predicted octanol–water partition coefficient (Wildman–Crippen LogP) is 1.92.